The van der Waals surface area contributed by atoms with E-state index in [4.69, 9.17) is 4.42 Å². The van der Waals surface area contributed by atoms with Gasteiger partial charge in [0, 0.05) is 25.2 Å². The Kier molecular flexibility index (Phi) is 5.19. The van der Waals surface area contributed by atoms with Crippen LogP contribution in [-0.4, -0.2) is 44.6 Å². The third-order valence-electron chi connectivity index (χ3n) is 3.42. The lowest BCUT2D eigenvalue weighted by Gasteiger charge is -2.35. The van der Waals surface area contributed by atoms with E-state index in [-0.39, 0.29) is 18.5 Å². The van der Waals surface area contributed by atoms with E-state index in [1.807, 2.05) is 0 Å². The van der Waals surface area contributed by atoms with E-state index in [1.54, 1.807) is 29.4 Å². The molecule has 2 rings (SSSR count). The number of carbonyl (C=O) groups is 1. The fourth-order valence-electron chi connectivity index (χ4n) is 2.39. The Morgan fingerprint density at radius 3 is 3.00 bits per heavy atom. The Morgan fingerprint density at radius 2 is 2.33 bits per heavy atom. The van der Waals surface area contributed by atoms with Gasteiger partial charge in [0.15, 0.2) is 0 Å². The molecule has 1 aromatic rings. The fraction of sp³-hybridized carbons (Fsp3) is 0.500. The lowest BCUT2D eigenvalue weighted by atomic mass is 10.0. The molecule has 116 valence electrons. The zero-order valence-electron chi connectivity index (χ0n) is 12.0. The first kappa shape index (κ1) is 15.8. The van der Waals surface area contributed by atoms with Crippen LogP contribution in [0, 0.1) is 0 Å². The lowest BCUT2D eigenvalue weighted by Crippen LogP contribution is -2.48. The molecular formula is C14H20N2O4S. The standard InChI is InChI=1S/C14H20N2O4S/c1-21(18,19)15-11-12-5-2-3-9-16(12)14(17)8-7-13-6-4-10-20-13/h4,6-8,10,12,15H,2-3,5,9,11H2,1H3/b8-7+. The van der Waals surface area contributed by atoms with Gasteiger partial charge < -0.3 is 9.32 Å². The number of sulfonamides is 1. The van der Waals surface area contributed by atoms with Crippen molar-refractivity contribution in [3.63, 3.8) is 0 Å². The summed E-state index contributed by atoms with van der Waals surface area (Å²) in [5.41, 5.74) is 0. The molecular weight excluding hydrogens is 292 g/mol. The average molecular weight is 312 g/mol. The Labute approximate surface area is 124 Å². The zero-order valence-corrected chi connectivity index (χ0v) is 12.8. The molecule has 21 heavy (non-hydrogen) atoms. The third kappa shape index (κ3) is 5.02. The van der Waals surface area contributed by atoms with Gasteiger partial charge in [-0.05, 0) is 37.5 Å². The minimum Gasteiger partial charge on any atom is -0.465 e. The van der Waals surface area contributed by atoms with E-state index in [0.717, 1.165) is 25.5 Å². The Balaban J connectivity index is 1.98. The molecule has 1 amide bonds. The molecule has 0 aromatic carbocycles. The molecule has 1 aromatic heterocycles. The summed E-state index contributed by atoms with van der Waals surface area (Å²) in [5, 5.41) is 0. The zero-order chi connectivity index (χ0) is 15.3. The second-order valence-corrected chi connectivity index (χ2v) is 6.98. The summed E-state index contributed by atoms with van der Waals surface area (Å²) >= 11 is 0. The first-order valence-electron chi connectivity index (χ1n) is 6.92. The van der Waals surface area contributed by atoms with Gasteiger partial charge in [0.1, 0.15) is 5.76 Å². The van der Waals surface area contributed by atoms with Crippen molar-refractivity contribution in [2.75, 3.05) is 19.3 Å². The van der Waals surface area contributed by atoms with E-state index in [2.05, 4.69) is 4.72 Å². The highest BCUT2D eigenvalue weighted by Crippen LogP contribution is 2.17. The summed E-state index contributed by atoms with van der Waals surface area (Å²) in [5.74, 6) is 0.498. The van der Waals surface area contributed by atoms with Crippen molar-refractivity contribution in [1.82, 2.24) is 9.62 Å². The van der Waals surface area contributed by atoms with Gasteiger partial charge in [-0.15, -0.1) is 0 Å². The second-order valence-electron chi connectivity index (χ2n) is 5.15. The van der Waals surface area contributed by atoms with Crippen molar-refractivity contribution >= 4 is 22.0 Å². The summed E-state index contributed by atoms with van der Waals surface area (Å²) in [6.07, 6.45) is 8.51. The number of nitrogens with one attached hydrogen (secondary N) is 1. The maximum absolute atomic E-state index is 12.2. The van der Waals surface area contributed by atoms with Crippen LogP contribution in [0.4, 0.5) is 0 Å². The van der Waals surface area contributed by atoms with Crippen molar-refractivity contribution in [1.29, 1.82) is 0 Å². The number of carbonyl (C=O) groups excluding carboxylic acids is 1. The van der Waals surface area contributed by atoms with Crippen LogP contribution < -0.4 is 4.72 Å². The Bertz CT molecular complexity index is 593. The maximum Gasteiger partial charge on any atom is 0.246 e. The summed E-state index contributed by atoms with van der Waals surface area (Å²) < 4.78 is 30.0. The van der Waals surface area contributed by atoms with Crippen molar-refractivity contribution in [3.8, 4) is 0 Å². The van der Waals surface area contributed by atoms with Crippen LogP contribution in [0.3, 0.4) is 0 Å². The molecule has 7 heteroatoms. The number of piperidine rings is 1. The van der Waals surface area contributed by atoms with E-state index in [0.29, 0.717) is 12.3 Å². The molecule has 0 radical (unpaired) electrons. The van der Waals surface area contributed by atoms with E-state index < -0.39 is 10.0 Å². The normalized spacial score (nSPS) is 20.0. The number of amides is 1. The molecule has 2 heterocycles. The molecule has 1 unspecified atom stereocenters. The number of furan rings is 1. The van der Waals surface area contributed by atoms with Gasteiger partial charge in [0.25, 0.3) is 0 Å². The van der Waals surface area contributed by atoms with Gasteiger partial charge >= 0.3 is 0 Å². The summed E-state index contributed by atoms with van der Waals surface area (Å²) in [4.78, 5) is 14.0. The van der Waals surface area contributed by atoms with Gasteiger partial charge in [-0.3, -0.25) is 4.79 Å². The molecule has 0 aliphatic carbocycles. The van der Waals surface area contributed by atoms with Crippen LogP contribution in [0.2, 0.25) is 0 Å². The number of likely N-dealkylation sites (tertiary alicyclic amines) is 1. The molecule has 1 aliphatic rings. The number of rotatable bonds is 5. The number of nitrogens with zero attached hydrogens (tertiary/aromatic N) is 1. The van der Waals surface area contributed by atoms with Crippen molar-refractivity contribution < 1.29 is 17.6 Å². The smallest absolute Gasteiger partial charge is 0.246 e. The largest absolute Gasteiger partial charge is 0.465 e. The predicted octanol–water partition coefficient (Wildman–Crippen LogP) is 1.22. The fourth-order valence-corrected chi connectivity index (χ4v) is 2.88. The van der Waals surface area contributed by atoms with Crippen molar-refractivity contribution in [2.45, 2.75) is 25.3 Å². The van der Waals surface area contributed by atoms with E-state index >= 15 is 0 Å². The van der Waals surface area contributed by atoms with Gasteiger partial charge in [-0.25, -0.2) is 13.1 Å². The first-order chi connectivity index (χ1) is 9.96. The SMILES string of the molecule is CS(=O)(=O)NCC1CCCCN1C(=O)/C=C/c1ccco1. The van der Waals surface area contributed by atoms with Crippen molar-refractivity contribution in [2.24, 2.45) is 0 Å². The molecule has 0 bridgehead atoms. The predicted molar refractivity (Wildman–Crippen MR) is 79.9 cm³/mol. The topological polar surface area (TPSA) is 79.6 Å². The minimum absolute atomic E-state index is 0.0952. The quantitative estimate of drug-likeness (QED) is 0.829. The van der Waals surface area contributed by atoms with Gasteiger partial charge in [0.05, 0.1) is 12.5 Å². The van der Waals surface area contributed by atoms with Crippen LogP contribution in [0.25, 0.3) is 6.08 Å². The van der Waals surface area contributed by atoms with E-state index in [9.17, 15) is 13.2 Å². The molecule has 1 fully saturated rings. The highest BCUT2D eigenvalue weighted by Gasteiger charge is 2.25. The molecule has 1 aliphatic heterocycles. The van der Waals surface area contributed by atoms with Gasteiger partial charge in [-0.1, -0.05) is 0 Å². The van der Waals surface area contributed by atoms with Crippen LogP contribution in [0.15, 0.2) is 28.9 Å². The molecule has 6 nitrogen and oxygen atoms in total. The molecule has 0 saturated carbocycles. The third-order valence-corrected chi connectivity index (χ3v) is 4.12. The van der Waals surface area contributed by atoms with Crippen LogP contribution in [-0.2, 0) is 14.8 Å². The number of hydrogen-bond donors (Lipinski definition) is 1. The van der Waals surface area contributed by atoms with Gasteiger partial charge in [-0.2, -0.15) is 0 Å². The van der Waals surface area contributed by atoms with Crippen LogP contribution in [0.1, 0.15) is 25.0 Å². The molecule has 0 spiro atoms. The minimum atomic E-state index is -3.24. The molecule has 1 atom stereocenters. The maximum atomic E-state index is 12.2. The van der Waals surface area contributed by atoms with Gasteiger partial charge in [0.2, 0.25) is 15.9 Å². The average Bonchev–Trinajstić information content (AvgIpc) is 2.95. The van der Waals surface area contributed by atoms with Crippen molar-refractivity contribution in [3.05, 3.63) is 30.2 Å². The van der Waals surface area contributed by atoms with E-state index in [1.165, 1.54) is 6.08 Å². The first-order valence-corrected chi connectivity index (χ1v) is 8.82. The highest BCUT2D eigenvalue weighted by atomic mass is 32.2. The molecule has 1 saturated heterocycles. The molecule has 1 N–H and O–H groups in total. The summed E-state index contributed by atoms with van der Waals surface area (Å²) in [6, 6.07) is 3.43. The monoisotopic (exact) mass is 312 g/mol. The van der Waals surface area contributed by atoms with Crippen LogP contribution >= 0.6 is 0 Å². The lowest BCUT2D eigenvalue weighted by molar-refractivity contribution is -0.129. The summed E-state index contributed by atoms with van der Waals surface area (Å²) in [7, 11) is -3.24. The summed E-state index contributed by atoms with van der Waals surface area (Å²) in [6.45, 7) is 0.913. The Morgan fingerprint density at radius 1 is 1.52 bits per heavy atom. The number of hydrogen-bond acceptors (Lipinski definition) is 4. The second kappa shape index (κ2) is 6.91. The Hall–Kier alpha value is -1.60. The van der Waals surface area contributed by atoms with Crippen LogP contribution in [0.5, 0.6) is 0 Å². The highest BCUT2D eigenvalue weighted by molar-refractivity contribution is 7.88.